The highest BCUT2D eigenvalue weighted by Gasteiger charge is 2.23. The molecule has 3 unspecified atom stereocenters. The van der Waals surface area contributed by atoms with Gasteiger partial charge in [0.2, 0.25) is 5.91 Å². The molecular weight excluding hydrogens is 695 g/mol. The highest BCUT2D eigenvalue weighted by molar-refractivity contribution is 7.45. The average Bonchev–Trinajstić information content (AvgIpc) is 3.12. The van der Waals surface area contributed by atoms with Crippen LogP contribution in [0.2, 0.25) is 0 Å². The fourth-order valence-electron chi connectivity index (χ4n) is 6.81. The molecule has 0 aliphatic heterocycles. The van der Waals surface area contributed by atoms with Gasteiger partial charge in [0.1, 0.15) is 13.2 Å². The lowest BCUT2D eigenvalue weighted by molar-refractivity contribution is -0.870. The first kappa shape index (κ1) is 53.2. The monoisotopic (exact) mass is 787 g/mol. The normalized spacial score (nSPS) is 14.4. The number of unbranched alkanes of at least 4 members (excludes halogenated alkanes) is 29. The Kier molecular flexibility index (Phi) is 37.3. The second-order valence-corrected chi connectivity index (χ2v) is 18.5. The zero-order chi connectivity index (χ0) is 40.0. The quantitative estimate of drug-likeness (QED) is 0.0276. The minimum atomic E-state index is -4.56. The van der Waals surface area contributed by atoms with Crippen molar-refractivity contribution in [3.8, 4) is 0 Å². The maximum Gasteiger partial charge on any atom is 0.268 e. The van der Waals surface area contributed by atoms with Crippen molar-refractivity contribution in [1.82, 2.24) is 5.32 Å². The predicted octanol–water partition coefficient (Wildman–Crippen LogP) is 12.1. The third-order valence-corrected chi connectivity index (χ3v) is 11.4. The summed E-state index contributed by atoms with van der Waals surface area (Å²) < 4.78 is 22.9. The lowest BCUT2D eigenvalue weighted by atomic mass is 10.0. The molecule has 9 heteroatoms. The van der Waals surface area contributed by atoms with Crippen molar-refractivity contribution in [2.24, 2.45) is 0 Å². The summed E-state index contributed by atoms with van der Waals surface area (Å²) in [7, 11) is 1.26. The number of likely N-dealkylation sites (N-methyl/N-ethyl adjacent to an activating group) is 1. The van der Waals surface area contributed by atoms with Gasteiger partial charge in [-0.05, 0) is 12.8 Å². The van der Waals surface area contributed by atoms with Crippen molar-refractivity contribution in [2.45, 2.75) is 231 Å². The van der Waals surface area contributed by atoms with Crippen LogP contribution in [0.1, 0.15) is 219 Å². The van der Waals surface area contributed by atoms with Gasteiger partial charge in [0.25, 0.3) is 7.82 Å². The van der Waals surface area contributed by atoms with Crippen LogP contribution in [0.25, 0.3) is 0 Å². The van der Waals surface area contributed by atoms with E-state index in [0.29, 0.717) is 17.4 Å². The van der Waals surface area contributed by atoms with E-state index in [0.717, 1.165) is 32.1 Å². The Morgan fingerprint density at radius 3 is 1.35 bits per heavy atom. The molecule has 8 nitrogen and oxygen atoms in total. The number of nitrogens with zero attached hydrogens (tertiary/aromatic N) is 1. The Hall–Kier alpha value is -0.760. The fourth-order valence-corrected chi connectivity index (χ4v) is 7.53. The van der Waals surface area contributed by atoms with E-state index in [1.807, 2.05) is 34.1 Å². The van der Waals surface area contributed by atoms with E-state index in [2.05, 4.69) is 12.2 Å². The molecule has 0 radical (unpaired) electrons. The molecule has 3 atom stereocenters. The minimum Gasteiger partial charge on any atom is -0.756 e. The molecule has 0 aromatic heterocycles. The minimum absolute atomic E-state index is 0.0000709. The molecule has 0 fully saturated rings. The summed E-state index contributed by atoms with van der Waals surface area (Å²) in [6.45, 7) is 4.44. The largest absolute Gasteiger partial charge is 0.756 e. The van der Waals surface area contributed by atoms with Crippen LogP contribution in [-0.4, -0.2) is 68.5 Å². The van der Waals surface area contributed by atoms with Gasteiger partial charge in [0, 0.05) is 6.42 Å². The van der Waals surface area contributed by atoms with Crippen LogP contribution in [-0.2, 0) is 18.4 Å². The number of quaternary nitrogens is 1. The Morgan fingerprint density at radius 1 is 0.630 bits per heavy atom. The summed E-state index contributed by atoms with van der Waals surface area (Å²) in [5, 5.41) is 13.4. The lowest BCUT2D eigenvalue weighted by Crippen LogP contribution is -2.45. The molecular formula is C45H91N2O6P. The number of phosphoric ester groups is 1. The molecule has 0 rings (SSSR count). The maximum atomic E-state index is 12.7. The Labute approximate surface area is 335 Å². The molecule has 0 aromatic carbocycles. The van der Waals surface area contributed by atoms with Gasteiger partial charge in [-0.15, -0.1) is 0 Å². The van der Waals surface area contributed by atoms with Crippen molar-refractivity contribution < 1.29 is 32.9 Å². The van der Waals surface area contributed by atoms with Crippen LogP contribution in [0.5, 0.6) is 0 Å². The van der Waals surface area contributed by atoms with Gasteiger partial charge in [-0.3, -0.25) is 9.36 Å². The van der Waals surface area contributed by atoms with Crippen molar-refractivity contribution in [1.29, 1.82) is 0 Å². The van der Waals surface area contributed by atoms with Crippen molar-refractivity contribution in [2.75, 3.05) is 40.9 Å². The second-order valence-electron chi connectivity index (χ2n) is 17.1. The number of hydrogen-bond donors (Lipinski definition) is 2. The number of aliphatic hydroxyl groups is 1. The standard InChI is InChI=1S/C45H91N2O6P/c1-6-8-10-11-12-13-14-15-16-17-18-19-20-21-22-23-24-25-26-27-28-29-30-31-32-33-34-35-37-39-45(49)46-43(44(48)38-36-9-7-2)42-53-54(50,51)52-41-40-47(3,4)5/h36,38,43-44,48H,6-35,37,39-42H2,1-5H3,(H-,46,49,50,51)/b38-36+. The summed E-state index contributed by atoms with van der Waals surface area (Å²) in [6, 6.07) is -0.876. The van der Waals surface area contributed by atoms with E-state index >= 15 is 0 Å². The lowest BCUT2D eigenvalue weighted by Gasteiger charge is -2.29. The van der Waals surface area contributed by atoms with E-state index in [9.17, 15) is 19.4 Å². The maximum absolute atomic E-state index is 12.7. The van der Waals surface area contributed by atoms with Crippen LogP contribution >= 0.6 is 7.82 Å². The van der Waals surface area contributed by atoms with Gasteiger partial charge in [0.05, 0.1) is 39.9 Å². The smallest absolute Gasteiger partial charge is 0.268 e. The molecule has 0 saturated heterocycles. The molecule has 322 valence electrons. The van der Waals surface area contributed by atoms with Crippen LogP contribution in [0.4, 0.5) is 0 Å². The van der Waals surface area contributed by atoms with E-state index in [1.165, 1.54) is 167 Å². The molecule has 1 amide bonds. The van der Waals surface area contributed by atoms with Crippen LogP contribution in [0.15, 0.2) is 12.2 Å². The molecule has 0 heterocycles. The van der Waals surface area contributed by atoms with Gasteiger partial charge in [0.15, 0.2) is 0 Å². The van der Waals surface area contributed by atoms with E-state index in [1.54, 1.807) is 6.08 Å². The number of phosphoric acid groups is 1. The van der Waals surface area contributed by atoms with Crippen LogP contribution in [0.3, 0.4) is 0 Å². The van der Waals surface area contributed by atoms with Gasteiger partial charge in [-0.1, -0.05) is 212 Å². The summed E-state index contributed by atoms with van der Waals surface area (Å²) in [4.78, 5) is 24.9. The molecule has 0 aliphatic carbocycles. The molecule has 0 aliphatic rings. The summed E-state index contributed by atoms with van der Waals surface area (Å²) >= 11 is 0. The van der Waals surface area contributed by atoms with E-state index in [4.69, 9.17) is 9.05 Å². The zero-order valence-electron chi connectivity index (χ0n) is 36.4. The predicted molar refractivity (Wildman–Crippen MR) is 229 cm³/mol. The molecule has 2 N–H and O–H groups in total. The highest BCUT2D eigenvalue weighted by Crippen LogP contribution is 2.38. The summed E-state index contributed by atoms with van der Waals surface area (Å²) in [5.41, 5.74) is 0. The van der Waals surface area contributed by atoms with E-state index < -0.39 is 20.0 Å². The molecule has 0 aromatic rings. The van der Waals surface area contributed by atoms with Crippen molar-refractivity contribution >= 4 is 13.7 Å². The van der Waals surface area contributed by atoms with Crippen LogP contribution < -0.4 is 10.2 Å². The third-order valence-electron chi connectivity index (χ3n) is 10.5. The number of carbonyl (C=O) groups is 1. The molecule has 0 spiro atoms. The van der Waals surface area contributed by atoms with Crippen molar-refractivity contribution in [3.63, 3.8) is 0 Å². The van der Waals surface area contributed by atoms with Gasteiger partial charge < -0.3 is 28.8 Å². The fraction of sp³-hybridized carbons (Fsp3) is 0.933. The zero-order valence-corrected chi connectivity index (χ0v) is 37.3. The third kappa shape index (κ3) is 39.5. The Morgan fingerprint density at radius 2 is 1.00 bits per heavy atom. The highest BCUT2D eigenvalue weighted by atomic mass is 31.2. The van der Waals surface area contributed by atoms with Gasteiger partial charge in [-0.2, -0.15) is 0 Å². The number of carbonyl (C=O) groups excluding carboxylic acids is 1. The number of hydrogen-bond acceptors (Lipinski definition) is 6. The molecule has 54 heavy (non-hydrogen) atoms. The first-order valence-corrected chi connectivity index (χ1v) is 24.5. The molecule has 0 bridgehead atoms. The summed E-state index contributed by atoms with van der Waals surface area (Å²) in [6.07, 6.45) is 43.8. The van der Waals surface area contributed by atoms with Crippen LogP contribution in [0, 0.1) is 0 Å². The summed E-state index contributed by atoms with van der Waals surface area (Å²) in [5.74, 6) is -0.205. The van der Waals surface area contributed by atoms with E-state index in [-0.39, 0.29) is 19.1 Å². The number of amides is 1. The number of nitrogens with one attached hydrogen (secondary N) is 1. The number of allylic oxidation sites excluding steroid dienone is 1. The topological polar surface area (TPSA) is 108 Å². The van der Waals surface area contributed by atoms with Gasteiger partial charge >= 0.3 is 0 Å². The number of aliphatic hydroxyl groups excluding tert-OH is 1. The molecule has 0 saturated carbocycles. The number of rotatable bonds is 42. The SMILES string of the molecule is CCC/C=C/C(O)C(COP(=O)([O-])OCC[N+](C)(C)C)NC(=O)CCCCCCCCCCCCCCCCCCCCCCCCCCCCCCC. The van der Waals surface area contributed by atoms with Crippen molar-refractivity contribution in [3.05, 3.63) is 12.2 Å². The Balaban J connectivity index is 3.73. The Bertz CT molecular complexity index is 896. The van der Waals surface area contributed by atoms with Gasteiger partial charge in [-0.25, -0.2) is 0 Å². The first-order chi connectivity index (χ1) is 26.0. The first-order valence-electron chi connectivity index (χ1n) is 23.1. The second kappa shape index (κ2) is 37.8. The average molecular weight is 787 g/mol.